The molecule has 3 aromatic rings. The van der Waals surface area contributed by atoms with Crippen LogP contribution in [0.25, 0.3) is 0 Å². The predicted octanol–water partition coefficient (Wildman–Crippen LogP) is 3.22. The summed E-state index contributed by atoms with van der Waals surface area (Å²) in [6.07, 6.45) is -0.376. The fourth-order valence-corrected chi connectivity index (χ4v) is 3.64. The minimum absolute atomic E-state index is 0.304. The molecule has 0 fully saturated rings. The minimum Gasteiger partial charge on any atom is -0.550 e. The average molecular weight is 432 g/mol. The van der Waals surface area contributed by atoms with Gasteiger partial charge in [0.25, 0.3) is 0 Å². The largest absolute Gasteiger partial charge is 0.550 e. The maximum Gasteiger partial charge on any atom is 0.232 e. The van der Waals surface area contributed by atoms with Crippen LogP contribution >= 0.6 is 0 Å². The van der Waals surface area contributed by atoms with E-state index in [1.807, 2.05) is 67.6 Å². The Kier molecular flexibility index (Phi) is 7.86. The number of carboxylic acid groups (broad SMARTS) is 1. The monoisotopic (exact) mass is 432 g/mol. The molecule has 166 valence electrons. The van der Waals surface area contributed by atoms with Crippen molar-refractivity contribution in [1.82, 2.24) is 5.32 Å². The summed E-state index contributed by atoms with van der Waals surface area (Å²) >= 11 is 0. The van der Waals surface area contributed by atoms with Gasteiger partial charge < -0.3 is 24.7 Å². The van der Waals surface area contributed by atoms with E-state index in [4.69, 9.17) is 9.47 Å². The van der Waals surface area contributed by atoms with E-state index < -0.39 is 17.9 Å². The second-order valence-electron chi connectivity index (χ2n) is 7.23. The zero-order valence-corrected chi connectivity index (χ0v) is 18.1. The van der Waals surface area contributed by atoms with Gasteiger partial charge in [0.1, 0.15) is 0 Å². The van der Waals surface area contributed by atoms with Crippen LogP contribution in [0.1, 0.15) is 42.0 Å². The molecule has 1 unspecified atom stereocenters. The number of aliphatic carboxylic acids is 1. The molecule has 0 radical (unpaired) electrons. The van der Waals surface area contributed by atoms with Crippen molar-refractivity contribution < 1.29 is 24.2 Å². The number of rotatable bonds is 10. The molecule has 0 saturated carbocycles. The van der Waals surface area contributed by atoms with E-state index in [0.717, 1.165) is 11.1 Å². The van der Waals surface area contributed by atoms with Gasteiger partial charge in [0.05, 0.1) is 25.7 Å². The lowest BCUT2D eigenvalue weighted by molar-refractivity contribution is -0.306. The van der Waals surface area contributed by atoms with Gasteiger partial charge in [-0.25, -0.2) is 0 Å². The highest BCUT2D eigenvalue weighted by molar-refractivity contribution is 5.88. The van der Waals surface area contributed by atoms with Gasteiger partial charge in [0, 0.05) is 12.4 Å². The molecule has 1 N–H and O–H groups in total. The lowest BCUT2D eigenvalue weighted by Gasteiger charge is -2.25. The van der Waals surface area contributed by atoms with Gasteiger partial charge in [-0.2, -0.15) is 0 Å². The molecule has 1 amide bonds. The van der Waals surface area contributed by atoms with Gasteiger partial charge in [-0.1, -0.05) is 66.7 Å². The zero-order chi connectivity index (χ0) is 22.9. The van der Waals surface area contributed by atoms with Crippen LogP contribution in [0.3, 0.4) is 0 Å². The van der Waals surface area contributed by atoms with Gasteiger partial charge in [-0.05, 0) is 35.7 Å². The molecular weight excluding hydrogens is 406 g/mol. The van der Waals surface area contributed by atoms with Gasteiger partial charge in [0.2, 0.25) is 5.91 Å². The van der Waals surface area contributed by atoms with Crippen molar-refractivity contribution in [3.63, 3.8) is 0 Å². The van der Waals surface area contributed by atoms with Crippen molar-refractivity contribution in [1.29, 1.82) is 0 Å². The smallest absolute Gasteiger partial charge is 0.232 e. The van der Waals surface area contributed by atoms with Crippen molar-refractivity contribution in [2.24, 2.45) is 0 Å². The molecule has 6 nitrogen and oxygen atoms in total. The molecule has 0 aliphatic carbocycles. The number of ether oxygens (including phenoxy) is 2. The molecule has 3 aromatic carbocycles. The molecular formula is C26H26NO5-. The van der Waals surface area contributed by atoms with E-state index in [-0.39, 0.29) is 12.3 Å². The first kappa shape index (κ1) is 22.9. The molecule has 3 rings (SSSR count). The summed E-state index contributed by atoms with van der Waals surface area (Å²) in [7, 11) is 1.51. The summed E-state index contributed by atoms with van der Waals surface area (Å²) in [5.74, 6) is -1.15. The molecule has 0 saturated heterocycles. The van der Waals surface area contributed by atoms with E-state index in [1.165, 1.54) is 7.11 Å². The van der Waals surface area contributed by atoms with Crippen molar-refractivity contribution >= 4 is 11.9 Å². The van der Waals surface area contributed by atoms with Crippen LogP contribution in [0.4, 0.5) is 0 Å². The molecule has 0 bridgehead atoms. The second-order valence-corrected chi connectivity index (χ2v) is 7.23. The molecule has 1 atom stereocenters. The first-order valence-electron chi connectivity index (χ1n) is 10.4. The summed E-state index contributed by atoms with van der Waals surface area (Å²) in [5, 5.41) is 14.4. The Balaban J connectivity index is 1.95. The van der Waals surface area contributed by atoms with Crippen LogP contribution < -0.4 is 19.9 Å². The Morgan fingerprint density at radius 3 is 1.97 bits per heavy atom. The van der Waals surface area contributed by atoms with Crippen LogP contribution in [0.15, 0.2) is 78.9 Å². The molecule has 0 spiro atoms. The Morgan fingerprint density at radius 1 is 0.875 bits per heavy atom. The predicted molar refractivity (Wildman–Crippen MR) is 119 cm³/mol. The highest BCUT2D eigenvalue weighted by Crippen LogP contribution is 2.32. The van der Waals surface area contributed by atoms with Gasteiger partial charge in [-0.15, -0.1) is 0 Å². The van der Waals surface area contributed by atoms with Crippen LogP contribution in [0.5, 0.6) is 11.5 Å². The summed E-state index contributed by atoms with van der Waals surface area (Å²) in [6.45, 7) is 2.32. The number of carbonyl (C=O) groups is 2. The Labute approximate surface area is 187 Å². The summed E-state index contributed by atoms with van der Waals surface area (Å²) in [6, 6.07) is 23.1. The standard InChI is InChI=1S/C26H27NO5/c1-3-32-22-15-14-20(16-23(22)31-2)21(17-24(28)29)27-26(30)25(18-10-6-4-7-11-18)19-12-8-5-9-13-19/h4-16,21,25H,3,17H2,1-2H3,(H,27,30)(H,28,29)/p-1. The maximum absolute atomic E-state index is 13.5. The van der Waals surface area contributed by atoms with Crippen molar-refractivity contribution in [3.8, 4) is 11.5 Å². The third-order valence-electron chi connectivity index (χ3n) is 5.11. The van der Waals surface area contributed by atoms with Crippen LogP contribution in [0, 0.1) is 0 Å². The molecule has 32 heavy (non-hydrogen) atoms. The molecule has 0 aromatic heterocycles. The van der Waals surface area contributed by atoms with Crippen molar-refractivity contribution in [2.75, 3.05) is 13.7 Å². The van der Waals surface area contributed by atoms with Gasteiger partial charge in [0.15, 0.2) is 11.5 Å². The molecule has 0 aliphatic rings. The molecule has 6 heteroatoms. The highest BCUT2D eigenvalue weighted by Gasteiger charge is 2.26. The number of methoxy groups -OCH3 is 1. The first-order valence-corrected chi connectivity index (χ1v) is 10.4. The lowest BCUT2D eigenvalue weighted by Crippen LogP contribution is -2.37. The van der Waals surface area contributed by atoms with Crippen molar-refractivity contribution in [2.45, 2.75) is 25.3 Å². The third kappa shape index (κ3) is 5.66. The summed E-state index contributed by atoms with van der Waals surface area (Å²) in [4.78, 5) is 24.9. The number of carbonyl (C=O) groups excluding carboxylic acids is 2. The number of hydrogen-bond acceptors (Lipinski definition) is 5. The van der Waals surface area contributed by atoms with E-state index in [0.29, 0.717) is 23.7 Å². The van der Waals surface area contributed by atoms with Gasteiger partial charge >= 0.3 is 0 Å². The molecule has 0 heterocycles. The second kappa shape index (κ2) is 11.0. The fraction of sp³-hybridized carbons (Fsp3) is 0.231. The Morgan fingerprint density at radius 2 is 1.47 bits per heavy atom. The fourth-order valence-electron chi connectivity index (χ4n) is 3.64. The van der Waals surface area contributed by atoms with E-state index >= 15 is 0 Å². The van der Waals surface area contributed by atoms with E-state index in [9.17, 15) is 14.7 Å². The van der Waals surface area contributed by atoms with Gasteiger partial charge in [-0.3, -0.25) is 4.79 Å². The third-order valence-corrected chi connectivity index (χ3v) is 5.11. The lowest BCUT2D eigenvalue weighted by atomic mass is 9.90. The zero-order valence-electron chi connectivity index (χ0n) is 18.1. The quantitative estimate of drug-likeness (QED) is 0.532. The van der Waals surface area contributed by atoms with E-state index in [1.54, 1.807) is 18.2 Å². The number of benzene rings is 3. The summed E-state index contributed by atoms with van der Waals surface area (Å²) < 4.78 is 10.9. The van der Waals surface area contributed by atoms with Crippen LogP contribution in [0.2, 0.25) is 0 Å². The Hall–Kier alpha value is -3.80. The van der Waals surface area contributed by atoms with E-state index in [2.05, 4.69) is 5.32 Å². The van der Waals surface area contributed by atoms with Crippen LogP contribution in [-0.4, -0.2) is 25.6 Å². The average Bonchev–Trinajstić information content (AvgIpc) is 2.80. The maximum atomic E-state index is 13.5. The first-order chi connectivity index (χ1) is 15.5. The number of nitrogens with one attached hydrogen (secondary N) is 1. The number of amides is 1. The Bertz CT molecular complexity index is 997. The highest BCUT2D eigenvalue weighted by atomic mass is 16.5. The van der Waals surface area contributed by atoms with Crippen LogP contribution in [-0.2, 0) is 9.59 Å². The normalized spacial score (nSPS) is 11.6. The number of hydrogen-bond donors (Lipinski definition) is 1. The molecule has 0 aliphatic heterocycles. The number of carboxylic acids is 1. The minimum atomic E-state index is -1.26. The SMILES string of the molecule is CCOc1ccc(C(CC(=O)[O-])NC(=O)C(c2ccccc2)c2ccccc2)cc1OC. The topological polar surface area (TPSA) is 87.7 Å². The summed E-state index contributed by atoms with van der Waals surface area (Å²) in [5.41, 5.74) is 2.21. The van der Waals surface area contributed by atoms with Crippen molar-refractivity contribution in [3.05, 3.63) is 95.6 Å².